The van der Waals surface area contributed by atoms with E-state index in [-0.39, 0.29) is 11.8 Å². The molecule has 25 heavy (non-hydrogen) atoms. The highest BCUT2D eigenvalue weighted by atomic mass is 16.5. The SMILES string of the molecule is COCCN(CCC(=O)N1CCN(c2cccc(C)c2)CC1)C(C)=O. The van der Waals surface area contributed by atoms with Gasteiger partial charge in [0.05, 0.1) is 6.61 Å². The largest absolute Gasteiger partial charge is 0.383 e. The molecular formula is C19H29N3O3. The summed E-state index contributed by atoms with van der Waals surface area (Å²) in [5.41, 5.74) is 2.46. The zero-order valence-corrected chi connectivity index (χ0v) is 15.5. The van der Waals surface area contributed by atoms with Crippen molar-refractivity contribution < 1.29 is 14.3 Å². The van der Waals surface area contributed by atoms with Gasteiger partial charge in [-0.05, 0) is 24.6 Å². The van der Waals surface area contributed by atoms with Crippen LogP contribution in [0.2, 0.25) is 0 Å². The van der Waals surface area contributed by atoms with Crippen LogP contribution >= 0.6 is 0 Å². The summed E-state index contributed by atoms with van der Waals surface area (Å²) in [6, 6.07) is 8.45. The standard InChI is InChI=1S/C19H29N3O3/c1-16-5-4-6-18(15-16)21-9-11-22(12-10-21)19(24)7-8-20(17(2)23)13-14-25-3/h4-6,15H,7-14H2,1-3H3. The summed E-state index contributed by atoms with van der Waals surface area (Å²) in [6.45, 7) is 8.23. The van der Waals surface area contributed by atoms with Crippen LogP contribution in [0.15, 0.2) is 24.3 Å². The molecule has 1 aromatic rings. The molecule has 0 bridgehead atoms. The Hall–Kier alpha value is -2.08. The first-order valence-corrected chi connectivity index (χ1v) is 8.85. The molecule has 0 aromatic heterocycles. The number of rotatable bonds is 7. The van der Waals surface area contributed by atoms with E-state index in [0.29, 0.717) is 26.1 Å². The minimum Gasteiger partial charge on any atom is -0.383 e. The fraction of sp³-hybridized carbons (Fsp3) is 0.579. The van der Waals surface area contributed by atoms with Gasteiger partial charge in [-0.1, -0.05) is 12.1 Å². The Morgan fingerprint density at radius 2 is 1.88 bits per heavy atom. The lowest BCUT2D eigenvalue weighted by Gasteiger charge is -2.36. The first-order chi connectivity index (χ1) is 12.0. The molecule has 0 aliphatic carbocycles. The number of piperazine rings is 1. The number of anilines is 1. The number of carbonyl (C=O) groups is 2. The van der Waals surface area contributed by atoms with E-state index in [1.54, 1.807) is 12.0 Å². The van der Waals surface area contributed by atoms with Gasteiger partial charge in [0.1, 0.15) is 0 Å². The Bertz CT molecular complexity index is 583. The fourth-order valence-electron chi connectivity index (χ4n) is 3.06. The van der Waals surface area contributed by atoms with Crippen LogP contribution in [0.1, 0.15) is 18.9 Å². The molecule has 0 unspecified atom stereocenters. The normalized spacial score (nSPS) is 14.5. The lowest BCUT2D eigenvalue weighted by Crippen LogP contribution is -2.49. The van der Waals surface area contributed by atoms with E-state index < -0.39 is 0 Å². The fourth-order valence-corrected chi connectivity index (χ4v) is 3.06. The number of benzene rings is 1. The summed E-state index contributed by atoms with van der Waals surface area (Å²) in [5.74, 6) is 0.0988. The van der Waals surface area contributed by atoms with E-state index in [4.69, 9.17) is 4.74 Å². The van der Waals surface area contributed by atoms with Crippen molar-refractivity contribution in [3.05, 3.63) is 29.8 Å². The number of ether oxygens (including phenoxy) is 1. The molecule has 0 radical (unpaired) electrons. The number of hydrogen-bond acceptors (Lipinski definition) is 4. The molecule has 0 saturated carbocycles. The van der Waals surface area contributed by atoms with Crippen LogP contribution in [0, 0.1) is 6.92 Å². The third-order valence-electron chi connectivity index (χ3n) is 4.61. The van der Waals surface area contributed by atoms with E-state index in [0.717, 1.165) is 26.2 Å². The summed E-state index contributed by atoms with van der Waals surface area (Å²) in [5, 5.41) is 0. The smallest absolute Gasteiger partial charge is 0.224 e. The van der Waals surface area contributed by atoms with E-state index in [9.17, 15) is 9.59 Å². The second-order valence-corrected chi connectivity index (χ2v) is 6.46. The predicted molar refractivity (Wildman–Crippen MR) is 98.7 cm³/mol. The summed E-state index contributed by atoms with van der Waals surface area (Å²) < 4.78 is 5.01. The second kappa shape index (κ2) is 9.42. The summed E-state index contributed by atoms with van der Waals surface area (Å²) in [4.78, 5) is 29.9. The summed E-state index contributed by atoms with van der Waals surface area (Å²) in [6.07, 6.45) is 0.369. The van der Waals surface area contributed by atoms with Crippen molar-refractivity contribution >= 4 is 17.5 Å². The van der Waals surface area contributed by atoms with Crippen LogP contribution in [-0.2, 0) is 14.3 Å². The van der Waals surface area contributed by atoms with Crippen molar-refractivity contribution in [3.8, 4) is 0 Å². The van der Waals surface area contributed by atoms with Crippen molar-refractivity contribution in [1.82, 2.24) is 9.80 Å². The molecule has 0 spiro atoms. The van der Waals surface area contributed by atoms with Gasteiger partial charge in [0.2, 0.25) is 11.8 Å². The highest BCUT2D eigenvalue weighted by Crippen LogP contribution is 2.18. The zero-order chi connectivity index (χ0) is 18.2. The van der Waals surface area contributed by atoms with Crippen molar-refractivity contribution in [3.63, 3.8) is 0 Å². The summed E-state index contributed by atoms with van der Waals surface area (Å²) in [7, 11) is 1.61. The maximum Gasteiger partial charge on any atom is 0.224 e. The van der Waals surface area contributed by atoms with Crippen LogP contribution < -0.4 is 4.90 Å². The van der Waals surface area contributed by atoms with E-state index in [2.05, 4.69) is 36.1 Å². The Balaban J connectivity index is 1.79. The van der Waals surface area contributed by atoms with Crippen molar-refractivity contribution in [2.45, 2.75) is 20.3 Å². The molecule has 1 aliphatic heterocycles. The molecule has 1 aliphatic rings. The average molecular weight is 347 g/mol. The van der Waals surface area contributed by atoms with Gasteiger partial charge in [-0.3, -0.25) is 9.59 Å². The molecule has 1 saturated heterocycles. The molecule has 2 amide bonds. The molecule has 0 atom stereocenters. The van der Waals surface area contributed by atoms with E-state index in [1.165, 1.54) is 18.2 Å². The number of methoxy groups -OCH3 is 1. The topological polar surface area (TPSA) is 53.1 Å². The van der Waals surface area contributed by atoms with Crippen LogP contribution in [0.25, 0.3) is 0 Å². The van der Waals surface area contributed by atoms with Gasteiger partial charge in [0, 0.05) is 65.4 Å². The number of carbonyl (C=O) groups excluding carboxylic acids is 2. The number of amides is 2. The Morgan fingerprint density at radius 3 is 2.48 bits per heavy atom. The van der Waals surface area contributed by atoms with Gasteiger partial charge in [-0.15, -0.1) is 0 Å². The van der Waals surface area contributed by atoms with Crippen molar-refractivity contribution in [2.75, 3.05) is 57.9 Å². The van der Waals surface area contributed by atoms with Gasteiger partial charge < -0.3 is 19.4 Å². The second-order valence-electron chi connectivity index (χ2n) is 6.46. The number of hydrogen-bond donors (Lipinski definition) is 0. The molecule has 6 heteroatoms. The first kappa shape index (κ1) is 19.2. The van der Waals surface area contributed by atoms with Gasteiger partial charge >= 0.3 is 0 Å². The van der Waals surface area contributed by atoms with Crippen LogP contribution in [0.5, 0.6) is 0 Å². The molecule has 2 rings (SSSR count). The average Bonchev–Trinajstić information content (AvgIpc) is 2.61. The van der Waals surface area contributed by atoms with E-state index >= 15 is 0 Å². The Labute approximate surface area is 150 Å². The minimum atomic E-state index is -0.0193. The third kappa shape index (κ3) is 5.74. The third-order valence-corrected chi connectivity index (χ3v) is 4.61. The first-order valence-electron chi connectivity index (χ1n) is 8.85. The molecule has 1 aromatic carbocycles. The monoisotopic (exact) mass is 347 g/mol. The van der Waals surface area contributed by atoms with Crippen molar-refractivity contribution in [1.29, 1.82) is 0 Å². The summed E-state index contributed by atoms with van der Waals surface area (Å²) >= 11 is 0. The van der Waals surface area contributed by atoms with Gasteiger partial charge in [-0.25, -0.2) is 0 Å². The Kier molecular flexibility index (Phi) is 7.25. The van der Waals surface area contributed by atoms with Crippen LogP contribution in [-0.4, -0.2) is 74.6 Å². The van der Waals surface area contributed by atoms with Gasteiger partial charge in [-0.2, -0.15) is 0 Å². The Morgan fingerprint density at radius 1 is 1.16 bits per heavy atom. The number of aryl methyl sites for hydroxylation is 1. The van der Waals surface area contributed by atoms with E-state index in [1.807, 2.05) is 4.90 Å². The molecule has 0 N–H and O–H groups in total. The van der Waals surface area contributed by atoms with Gasteiger partial charge in [0.25, 0.3) is 0 Å². The van der Waals surface area contributed by atoms with Crippen LogP contribution in [0.3, 0.4) is 0 Å². The van der Waals surface area contributed by atoms with Gasteiger partial charge in [0.15, 0.2) is 0 Å². The minimum absolute atomic E-state index is 0.0193. The number of nitrogens with zero attached hydrogens (tertiary/aromatic N) is 3. The van der Waals surface area contributed by atoms with Crippen LogP contribution in [0.4, 0.5) is 5.69 Å². The maximum absolute atomic E-state index is 12.4. The molecule has 138 valence electrons. The molecule has 1 heterocycles. The zero-order valence-electron chi connectivity index (χ0n) is 15.5. The lowest BCUT2D eigenvalue weighted by molar-refractivity contribution is -0.134. The predicted octanol–water partition coefficient (Wildman–Crippen LogP) is 1.53. The molecule has 1 fully saturated rings. The lowest BCUT2D eigenvalue weighted by atomic mass is 10.2. The molecular weight excluding hydrogens is 318 g/mol. The van der Waals surface area contributed by atoms with Crippen molar-refractivity contribution in [2.24, 2.45) is 0 Å². The quantitative estimate of drug-likeness (QED) is 0.751. The molecule has 6 nitrogen and oxygen atoms in total. The highest BCUT2D eigenvalue weighted by molar-refractivity contribution is 5.78. The maximum atomic E-state index is 12.4. The highest BCUT2D eigenvalue weighted by Gasteiger charge is 2.22.